The van der Waals surface area contributed by atoms with Crippen LogP contribution in [0.5, 0.6) is 11.5 Å². The lowest BCUT2D eigenvalue weighted by molar-refractivity contribution is 0.102. The van der Waals surface area contributed by atoms with Crippen molar-refractivity contribution in [1.82, 2.24) is 9.78 Å². The standard InChI is InChI=1S/C22H23N3O4S/c1-13-6-5-7-18(14(13)2)25-21(16-11-30(27)12-17(16)24-25)23-22(26)15-8-9-19(28-3)20(10-15)29-4/h5-10H,11-12H2,1-4H3,(H,23,26). The average molecular weight is 426 g/mol. The van der Waals surface area contributed by atoms with Gasteiger partial charge in [0.1, 0.15) is 5.82 Å². The summed E-state index contributed by atoms with van der Waals surface area (Å²) in [5.41, 5.74) is 5.09. The molecule has 2 heterocycles. The van der Waals surface area contributed by atoms with Gasteiger partial charge in [0, 0.05) is 21.9 Å². The summed E-state index contributed by atoms with van der Waals surface area (Å²) in [6.45, 7) is 4.06. The zero-order valence-electron chi connectivity index (χ0n) is 17.3. The molecule has 2 aromatic carbocycles. The van der Waals surface area contributed by atoms with Gasteiger partial charge in [-0.15, -0.1) is 0 Å². The van der Waals surface area contributed by atoms with Crippen LogP contribution in [0.2, 0.25) is 0 Å². The molecule has 30 heavy (non-hydrogen) atoms. The van der Waals surface area contributed by atoms with Crippen molar-refractivity contribution in [2.45, 2.75) is 25.4 Å². The number of nitrogens with zero attached hydrogens (tertiary/aromatic N) is 2. The fraction of sp³-hybridized carbons (Fsp3) is 0.273. The van der Waals surface area contributed by atoms with E-state index in [0.29, 0.717) is 34.4 Å². The Morgan fingerprint density at radius 3 is 2.60 bits per heavy atom. The Morgan fingerprint density at radius 2 is 1.87 bits per heavy atom. The molecule has 0 spiro atoms. The SMILES string of the molecule is COc1ccc(C(=O)Nc2c3c(nn2-c2cccc(C)c2C)CS(=O)C3)cc1OC. The van der Waals surface area contributed by atoms with Gasteiger partial charge in [0.25, 0.3) is 5.91 Å². The van der Waals surface area contributed by atoms with Crippen LogP contribution in [0.1, 0.15) is 32.7 Å². The van der Waals surface area contributed by atoms with E-state index >= 15 is 0 Å². The van der Waals surface area contributed by atoms with Crippen molar-refractivity contribution in [1.29, 1.82) is 0 Å². The minimum atomic E-state index is -1.01. The number of ether oxygens (including phenoxy) is 2. The van der Waals surface area contributed by atoms with Crippen molar-refractivity contribution in [3.8, 4) is 17.2 Å². The van der Waals surface area contributed by atoms with Gasteiger partial charge in [0.2, 0.25) is 0 Å². The summed E-state index contributed by atoms with van der Waals surface area (Å²) < 4.78 is 24.4. The van der Waals surface area contributed by atoms with E-state index < -0.39 is 10.8 Å². The van der Waals surface area contributed by atoms with Crippen LogP contribution >= 0.6 is 0 Å². The van der Waals surface area contributed by atoms with Crippen molar-refractivity contribution >= 4 is 22.5 Å². The van der Waals surface area contributed by atoms with E-state index in [1.54, 1.807) is 30.0 Å². The summed E-state index contributed by atoms with van der Waals surface area (Å²) in [7, 11) is 2.07. The number of methoxy groups -OCH3 is 2. The Labute approximate surface area is 177 Å². The number of carbonyl (C=O) groups is 1. The average Bonchev–Trinajstić information content (AvgIpc) is 3.26. The molecule has 1 amide bonds. The first kappa shape index (κ1) is 20.2. The monoisotopic (exact) mass is 425 g/mol. The van der Waals surface area contributed by atoms with E-state index in [9.17, 15) is 9.00 Å². The zero-order valence-corrected chi connectivity index (χ0v) is 18.1. The fourth-order valence-corrected chi connectivity index (χ4v) is 4.82. The van der Waals surface area contributed by atoms with Gasteiger partial charge < -0.3 is 14.8 Å². The lowest BCUT2D eigenvalue weighted by atomic mass is 10.1. The second-order valence-corrected chi connectivity index (χ2v) is 8.61. The Hall–Kier alpha value is -3.13. The van der Waals surface area contributed by atoms with E-state index in [1.807, 2.05) is 32.0 Å². The Kier molecular flexibility index (Phi) is 5.34. The molecule has 0 fully saturated rings. The maximum absolute atomic E-state index is 13.1. The number of hydrogen-bond donors (Lipinski definition) is 1. The quantitative estimate of drug-likeness (QED) is 0.676. The normalized spacial score (nSPS) is 15.0. The molecule has 1 atom stereocenters. The minimum absolute atomic E-state index is 0.303. The molecular formula is C22H23N3O4S. The summed E-state index contributed by atoms with van der Waals surface area (Å²) in [4.78, 5) is 13.1. The molecule has 0 saturated heterocycles. The fourth-order valence-electron chi connectivity index (χ4n) is 3.55. The highest BCUT2D eigenvalue weighted by Crippen LogP contribution is 2.33. The van der Waals surface area contributed by atoms with Gasteiger partial charge in [-0.1, -0.05) is 12.1 Å². The number of nitrogens with one attached hydrogen (secondary N) is 1. The molecule has 8 heteroatoms. The first-order valence-electron chi connectivity index (χ1n) is 9.48. The van der Waals surface area contributed by atoms with Crippen LogP contribution in [0.3, 0.4) is 0 Å². The molecule has 1 aliphatic rings. The third-order valence-corrected chi connectivity index (χ3v) is 6.56. The summed E-state index contributed by atoms with van der Waals surface area (Å²) >= 11 is 0. The van der Waals surface area contributed by atoms with Gasteiger partial charge in [-0.2, -0.15) is 5.10 Å². The highest BCUT2D eigenvalue weighted by molar-refractivity contribution is 7.83. The number of hydrogen-bond acceptors (Lipinski definition) is 5. The summed E-state index contributed by atoms with van der Waals surface area (Å²) in [5, 5.41) is 7.68. The highest BCUT2D eigenvalue weighted by atomic mass is 32.2. The number of anilines is 1. The number of aryl methyl sites for hydroxylation is 1. The summed E-state index contributed by atoms with van der Waals surface area (Å²) in [6, 6.07) is 11.0. The molecule has 3 aromatic rings. The number of aromatic nitrogens is 2. The van der Waals surface area contributed by atoms with Crippen molar-refractivity contribution < 1.29 is 18.5 Å². The Morgan fingerprint density at radius 1 is 1.10 bits per heavy atom. The molecule has 1 N–H and O–H groups in total. The van der Waals surface area contributed by atoms with Crippen molar-refractivity contribution in [3.05, 3.63) is 64.3 Å². The van der Waals surface area contributed by atoms with E-state index in [-0.39, 0.29) is 5.91 Å². The third-order valence-electron chi connectivity index (χ3n) is 5.35. The van der Waals surface area contributed by atoms with E-state index in [1.165, 1.54) is 7.11 Å². The molecule has 156 valence electrons. The van der Waals surface area contributed by atoms with Gasteiger partial charge in [-0.3, -0.25) is 9.00 Å². The molecule has 1 unspecified atom stereocenters. The molecule has 0 saturated carbocycles. The predicted octanol–water partition coefficient (Wildman–Crippen LogP) is 3.52. The molecule has 1 aliphatic heterocycles. The van der Waals surface area contributed by atoms with Crippen LogP contribution in [0.4, 0.5) is 5.82 Å². The molecule has 0 radical (unpaired) electrons. The Balaban J connectivity index is 1.76. The van der Waals surface area contributed by atoms with Crippen molar-refractivity contribution in [3.63, 3.8) is 0 Å². The molecular weight excluding hydrogens is 402 g/mol. The van der Waals surface area contributed by atoms with Crippen LogP contribution < -0.4 is 14.8 Å². The predicted molar refractivity (Wildman–Crippen MR) is 116 cm³/mol. The lowest BCUT2D eigenvalue weighted by Crippen LogP contribution is -2.17. The number of rotatable bonds is 5. The summed E-state index contributed by atoms with van der Waals surface area (Å²) in [6.07, 6.45) is 0. The summed E-state index contributed by atoms with van der Waals surface area (Å²) in [5.74, 6) is 2.05. The molecule has 7 nitrogen and oxygen atoms in total. The van der Waals surface area contributed by atoms with Gasteiger partial charge in [-0.25, -0.2) is 4.68 Å². The van der Waals surface area contributed by atoms with Gasteiger partial charge in [-0.05, 0) is 49.2 Å². The number of carbonyl (C=O) groups excluding carboxylic acids is 1. The largest absolute Gasteiger partial charge is 0.493 e. The molecule has 4 rings (SSSR count). The lowest BCUT2D eigenvalue weighted by Gasteiger charge is -2.15. The van der Waals surface area contributed by atoms with E-state index in [2.05, 4.69) is 10.4 Å². The second kappa shape index (κ2) is 7.95. The van der Waals surface area contributed by atoms with Crippen molar-refractivity contribution in [2.75, 3.05) is 19.5 Å². The molecule has 1 aromatic heterocycles. The van der Waals surface area contributed by atoms with Crippen LogP contribution in [-0.2, 0) is 22.3 Å². The maximum Gasteiger partial charge on any atom is 0.256 e. The Bertz CT molecular complexity index is 1170. The minimum Gasteiger partial charge on any atom is -0.493 e. The second-order valence-electron chi connectivity index (χ2n) is 7.16. The van der Waals surface area contributed by atoms with Crippen molar-refractivity contribution in [2.24, 2.45) is 0 Å². The van der Waals surface area contributed by atoms with E-state index in [4.69, 9.17) is 9.47 Å². The zero-order chi connectivity index (χ0) is 21.4. The van der Waals surface area contributed by atoms with Gasteiger partial charge in [0.15, 0.2) is 11.5 Å². The highest BCUT2D eigenvalue weighted by Gasteiger charge is 2.29. The first-order chi connectivity index (χ1) is 14.4. The number of amides is 1. The molecule has 0 aliphatic carbocycles. The van der Waals surface area contributed by atoms with Crippen LogP contribution in [-0.4, -0.2) is 34.1 Å². The molecule has 0 bridgehead atoms. The maximum atomic E-state index is 13.1. The smallest absolute Gasteiger partial charge is 0.256 e. The third kappa shape index (κ3) is 3.47. The van der Waals surface area contributed by atoms with Crippen LogP contribution in [0.25, 0.3) is 5.69 Å². The van der Waals surface area contributed by atoms with Crippen LogP contribution in [0, 0.1) is 13.8 Å². The van der Waals surface area contributed by atoms with Gasteiger partial charge >= 0.3 is 0 Å². The number of benzene rings is 2. The number of fused-ring (bicyclic) bond motifs is 1. The van der Waals surface area contributed by atoms with E-state index in [0.717, 1.165) is 28.1 Å². The van der Waals surface area contributed by atoms with Crippen LogP contribution in [0.15, 0.2) is 36.4 Å². The topological polar surface area (TPSA) is 82.5 Å². The first-order valence-corrected chi connectivity index (χ1v) is 11.0. The van der Waals surface area contributed by atoms with Gasteiger partial charge in [0.05, 0.1) is 37.1 Å².